The molecule has 0 radical (unpaired) electrons. The van der Waals surface area contributed by atoms with E-state index < -0.39 is 0 Å². The van der Waals surface area contributed by atoms with Gasteiger partial charge in [-0.3, -0.25) is 0 Å². The molecule has 2 N–H and O–H groups in total. The molecule has 0 saturated carbocycles. The highest BCUT2D eigenvalue weighted by molar-refractivity contribution is 6.30. The largest absolute Gasteiger partial charge is 0.391 e. The van der Waals surface area contributed by atoms with Gasteiger partial charge in [-0.25, -0.2) is 4.98 Å². The van der Waals surface area contributed by atoms with E-state index in [0.29, 0.717) is 16.7 Å². The summed E-state index contributed by atoms with van der Waals surface area (Å²) in [5, 5.41) is 14.5. The SMILES string of the molecule is CC(C)(C)c1nn(-c2nc3ccccc3[nH]2)c(Cl)c1CO. The second-order valence-corrected chi connectivity index (χ2v) is 6.37. The molecule has 6 heteroatoms. The van der Waals surface area contributed by atoms with Gasteiger partial charge in [-0.1, -0.05) is 44.5 Å². The molecular weight excluding hydrogens is 288 g/mol. The molecule has 21 heavy (non-hydrogen) atoms. The number of H-pyrrole nitrogens is 1. The van der Waals surface area contributed by atoms with Crippen LogP contribution in [0.25, 0.3) is 17.0 Å². The molecule has 0 atom stereocenters. The van der Waals surface area contributed by atoms with Gasteiger partial charge in [0.25, 0.3) is 0 Å². The molecule has 0 fully saturated rings. The van der Waals surface area contributed by atoms with Gasteiger partial charge in [0.15, 0.2) is 0 Å². The van der Waals surface area contributed by atoms with E-state index in [4.69, 9.17) is 11.6 Å². The highest BCUT2D eigenvalue weighted by Crippen LogP contribution is 2.31. The Morgan fingerprint density at radius 3 is 2.57 bits per heavy atom. The van der Waals surface area contributed by atoms with E-state index in [-0.39, 0.29) is 12.0 Å². The molecule has 0 amide bonds. The Morgan fingerprint density at radius 1 is 1.29 bits per heavy atom. The number of aromatic amines is 1. The summed E-state index contributed by atoms with van der Waals surface area (Å²) < 4.78 is 1.55. The predicted molar refractivity (Wildman–Crippen MR) is 82.8 cm³/mol. The maximum absolute atomic E-state index is 9.59. The average molecular weight is 305 g/mol. The molecule has 0 aliphatic rings. The predicted octanol–water partition coefficient (Wildman–Crippen LogP) is 3.19. The van der Waals surface area contributed by atoms with Crippen LogP contribution in [0.2, 0.25) is 5.15 Å². The summed E-state index contributed by atoms with van der Waals surface area (Å²) in [5.41, 5.74) is 2.97. The number of para-hydroxylation sites is 2. The van der Waals surface area contributed by atoms with Gasteiger partial charge in [-0.15, -0.1) is 0 Å². The summed E-state index contributed by atoms with van der Waals surface area (Å²) in [4.78, 5) is 7.69. The van der Waals surface area contributed by atoms with Crippen LogP contribution in [0, 0.1) is 0 Å². The Hall–Kier alpha value is -1.85. The number of fused-ring (bicyclic) bond motifs is 1. The fraction of sp³-hybridized carbons (Fsp3) is 0.333. The number of imidazole rings is 1. The van der Waals surface area contributed by atoms with Gasteiger partial charge in [-0.05, 0) is 12.1 Å². The van der Waals surface area contributed by atoms with E-state index in [1.54, 1.807) is 4.68 Å². The third-order valence-corrected chi connectivity index (χ3v) is 3.76. The van der Waals surface area contributed by atoms with Gasteiger partial charge in [0.1, 0.15) is 5.15 Å². The zero-order valence-electron chi connectivity index (χ0n) is 12.2. The summed E-state index contributed by atoms with van der Waals surface area (Å²) in [5.74, 6) is 0.548. The molecule has 1 aromatic carbocycles. The lowest BCUT2D eigenvalue weighted by atomic mass is 9.90. The molecular formula is C15H17ClN4O. The first kappa shape index (κ1) is 14.1. The Balaban J connectivity index is 2.20. The first-order valence-corrected chi connectivity index (χ1v) is 7.13. The van der Waals surface area contributed by atoms with Crippen LogP contribution in [0.15, 0.2) is 24.3 Å². The molecule has 0 saturated heterocycles. The van der Waals surface area contributed by atoms with Crippen molar-refractivity contribution >= 4 is 22.6 Å². The number of nitrogens with zero attached hydrogens (tertiary/aromatic N) is 3. The molecule has 2 aromatic heterocycles. The highest BCUT2D eigenvalue weighted by atomic mass is 35.5. The summed E-state index contributed by atoms with van der Waals surface area (Å²) in [7, 11) is 0. The van der Waals surface area contributed by atoms with Crippen LogP contribution >= 0.6 is 11.6 Å². The Labute approximate surface area is 127 Å². The standard InChI is InChI=1S/C15H17ClN4O/c1-15(2,3)12-9(8-21)13(16)20(19-12)14-17-10-6-4-5-7-11(10)18-14/h4-7,21H,8H2,1-3H3,(H,17,18). The van der Waals surface area contributed by atoms with Crippen molar-refractivity contribution in [3.63, 3.8) is 0 Å². The average Bonchev–Trinajstić information content (AvgIpc) is 2.98. The Morgan fingerprint density at radius 2 is 2.00 bits per heavy atom. The monoisotopic (exact) mass is 304 g/mol. The zero-order valence-corrected chi connectivity index (χ0v) is 12.9. The van der Waals surface area contributed by atoms with Crippen LogP contribution in [-0.4, -0.2) is 24.9 Å². The van der Waals surface area contributed by atoms with Crippen LogP contribution < -0.4 is 0 Å². The quantitative estimate of drug-likeness (QED) is 0.764. The fourth-order valence-electron chi connectivity index (χ4n) is 2.35. The minimum absolute atomic E-state index is 0.147. The minimum Gasteiger partial charge on any atom is -0.391 e. The van der Waals surface area contributed by atoms with Gasteiger partial charge in [0, 0.05) is 11.0 Å². The van der Waals surface area contributed by atoms with Crippen molar-refractivity contribution in [1.29, 1.82) is 0 Å². The maximum atomic E-state index is 9.59. The van der Waals surface area contributed by atoms with E-state index >= 15 is 0 Å². The number of aromatic nitrogens is 4. The molecule has 3 aromatic rings. The lowest BCUT2D eigenvalue weighted by molar-refractivity contribution is 0.278. The van der Waals surface area contributed by atoms with Crippen molar-refractivity contribution in [3.8, 4) is 5.95 Å². The van der Waals surface area contributed by atoms with Crippen molar-refractivity contribution in [2.24, 2.45) is 0 Å². The summed E-state index contributed by atoms with van der Waals surface area (Å²) in [6.45, 7) is 5.96. The minimum atomic E-state index is -0.209. The van der Waals surface area contributed by atoms with Crippen LogP contribution in [0.5, 0.6) is 0 Å². The van der Waals surface area contributed by atoms with Gasteiger partial charge < -0.3 is 10.1 Å². The number of nitrogens with one attached hydrogen (secondary N) is 1. The maximum Gasteiger partial charge on any atom is 0.230 e. The molecule has 5 nitrogen and oxygen atoms in total. The second-order valence-electron chi connectivity index (χ2n) is 6.02. The van der Waals surface area contributed by atoms with E-state index in [1.807, 2.05) is 45.0 Å². The summed E-state index contributed by atoms with van der Waals surface area (Å²) in [6.07, 6.45) is 0. The molecule has 3 rings (SSSR count). The van der Waals surface area contributed by atoms with Gasteiger partial charge in [0.05, 0.1) is 23.3 Å². The van der Waals surface area contributed by atoms with Crippen molar-refractivity contribution in [3.05, 3.63) is 40.7 Å². The zero-order chi connectivity index (χ0) is 15.2. The number of hydrogen-bond acceptors (Lipinski definition) is 3. The Bertz CT molecular complexity index is 765. The highest BCUT2D eigenvalue weighted by Gasteiger charge is 2.26. The van der Waals surface area contributed by atoms with Crippen LogP contribution in [0.1, 0.15) is 32.0 Å². The van der Waals surface area contributed by atoms with Crippen LogP contribution in [0.3, 0.4) is 0 Å². The molecule has 0 unspecified atom stereocenters. The lowest BCUT2D eigenvalue weighted by Gasteiger charge is -2.16. The van der Waals surface area contributed by atoms with Crippen molar-refractivity contribution < 1.29 is 5.11 Å². The van der Waals surface area contributed by atoms with Gasteiger partial charge in [0.2, 0.25) is 5.95 Å². The summed E-state index contributed by atoms with van der Waals surface area (Å²) in [6, 6.07) is 7.73. The molecule has 0 bridgehead atoms. The molecule has 0 aliphatic heterocycles. The van der Waals surface area contributed by atoms with Crippen molar-refractivity contribution in [1.82, 2.24) is 19.7 Å². The summed E-state index contributed by atoms with van der Waals surface area (Å²) >= 11 is 6.38. The molecule has 0 spiro atoms. The van der Waals surface area contributed by atoms with Crippen LogP contribution in [0.4, 0.5) is 0 Å². The third kappa shape index (κ3) is 2.32. The van der Waals surface area contributed by atoms with Crippen LogP contribution in [-0.2, 0) is 12.0 Å². The van der Waals surface area contributed by atoms with Gasteiger partial charge >= 0.3 is 0 Å². The van der Waals surface area contributed by atoms with E-state index in [1.165, 1.54) is 0 Å². The van der Waals surface area contributed by atoms with E-state index in [9.17, 15) is 5.11 Å². The topological polar surface area (TPSA) is 66.7 Å². The molecule has 0 aliphatic carbocycles. The van der Waals surface area contributed by atoms with Gasteiger partial charge in [-0.2, -0.15) is 9.78 Å². The number of aliphatic hydroxyl groups excluding tert-OH is 1. The first-order chi connectivity index (χ1) is 9.91. The lowest BCUT2D eigenvalue weighted by Crippen LogP contribution is -2.15. The fourth-order valence-corrected chi connectivity index (χ4v) is 2.62. The Kier molecular flexibility index (Phi) is 3.26. The number of hydrogen-bond donors (Lipinski definition) is 2. The number of aliphatic hydroxyl groups is 1. The van der Waals surface area contributed by atoms with Crippen molar-refractivity contribution in [2.45, 2.75) is 32.8 Å². The third-order valence-electron chi connectivity index (χ3n) is 3.37. The van der Waals surface area contributed by atoms with Crippen molar-refractivity contribution in [2.75, 3.05) is 0 Å². The molecule has 110 valence electrons. The smallest absolute Gasteiger partial charge is 0.230 e. The number of rotatable bonds is 2. The normalized spacial score (nSPS) is 12.2. The van der Waals surface area contributed by atoms with E-state index in [0.717, 1.165) is 16.7 Å². The number of benzene rings is 1. The second kappa shape index (κ2) is 4.86. The molecule has 2 heterocycles. The van der Waals surface area contributed by atoms with E-state index in [2.05, 4.69) is 15.1 Å². The first-order valence-electron chi connectivity index (χ1n) is 6.75. The number of halogens is 1.